The van der Waals surface area contributed by atoms with Gasteiger partial charge < -0.3 is 9.64 Å². The van der Waals surface area contributed by atoms with Gasteiger partial charge in [-0.15, -0.1) is 0 Å². The maximum Gasteiger partial charge on any atom is 0.266 e. The average molecular weight is 444 g/mol. The fourth-order valence-corrected chi connectivity index (χ4v) is 4.57. The van der Waals surface area contributed by atoms with Gasteiger partial charge in [0.15, 0.2) is 6.10 Å². The standard InChI is InChI=1S/C26H25N3O4/c1-27(2)18-15-13-17(14-16-18)23-22-24(33-29(23)19-9-5-4-6-10-19)26(31)28(25(22)30)20-11-7-8-12-21(20)32-3/h4-16,22-24H,1-3H3/t22-,23+,24+/m1/s1. The summed E-state index contributed by atoms with van der Waals surface area (Å²) in [6.45, 7) is 0. The number of hydrogen-bond acceptors (Lipinski definition) is 6. The number of carbonyl (C=O) groups is 2. The number of fused-ring (bicyclic) bond motifs is 1. The van der Waals surface area contributed by atoms with Crippen molar-refractivity contribution in [3.05, 3.63) is 84.4 Å². The smallest absolute Gasteiger partial charge is 0.266 e. The fraction of sp³-hybridized carbons (Fsp3) is 0.231. The molecule has 2 fully saturated rings. The lowest BCUT2D eigenvalue weighted by atomic mass is 9.90. The van der Waals surface area contributed by atoms with Gasteiger partial charge in [-0.3, -0.25) is 14.4 Å². The minimum absolute atomic E-state index is 0.297. The van der Waals surface area contributed by atoms with Gasteiger partial charge in [0.05, 0.1) is 24.5 Å². The van der Waals surface area contributed by atoms with E-state index in [0.717, 1.165) is 16.9 Å². The number of amides is 2. The van der Waals surface area contributed by atoms with Gasteiger partial charge in [0.2, 0.25) is 5.91 Å². The highest BCUT2D eigenvalue weighted by Crippen LogP contribution is 2.48. The molecule has 0 N–H and O–H groups in total. The highest BCUT2D eigenvalue weighted by molar-refractivity contribution is 6.24. The van der Waals surface area contributed by atoms with Crippen LogP contribution in [0.4, 0.5) is 17.1 Å². The maximum atomic E-state index is 13.7. The van der Waals surface area contributed by atoms with Crippen LogP contribution in [-0.2, 0) is 14.4 Å². The van der Waals surface area contributed by atoms with Crippen LogP contribution in [-0.4, -0.2) is 39.1 Å². The number of ether oxygens (including phenoxy) is 1. The molecule has 0 aliphatic carbocycles. The van der Waals surface area contributed by atoms with Crippen molar-refractivity contribution in [2.24, 2.45) is 5.92 Å². The van der Waals surface area contributed by atoms with E-state index < -0.39 is 18.1 Å². The van der Waals surface area contributed by atoms with Gasteiger partial charge in [-0.05, 0) is 42.0 Å². The van der Waals surface area contributed by atoms with Crippen LogP contribution in [0, 0.1) is 5.92 Å². The van der Waals surface area contributed by atoms with Gasteiger partial charge in [-0.25, -0.2) is 9.96 Å². The molecular formula is C26H25N3O4. The van der Waals surface area contributed by atoms with E-state index in [0.29, 0.717) is 11.4 Å². The molecule has 0 bridgehead atoms. The first-order valence-corrected chi connectivity index (χ1v) is 10.8. The van der Waals surface area contributed by atoms with Crippen LogP contribution < -0.4 is 19.6 Å². The Hall–Kier alpha value is -3.84. The van der Waals surface area contributed by atoms with Crippen LogP contribution in [0.5, 0.6) is 5.75 Å². The first-order valence-electron chi connectivity index (χ1n) is 10.8. The van der Waals surface area contributed by atoms with E-state index in [-0.39, 0.29) is 11.8 Å². The molecule has 168 valence electrons. The minimum atomic E-state index is -0.916. The van der Waals surface area contributed by atoms with Crippen LogP contribution in [0.2, 0.25) is 0 Å². The zero-order valence-electron chi connectivity index (χ0n) is 18.7. The minimum Gasteiger partial charge on any atom is -0.495 e. The van der Waals surface area contributed by atoms with Crippen molar-refractivity contribution in [2.75, 3.05) is 36.1 Å². The molecule has 2 aliphatic heterocycles. The summed E-state index contributed by atoms with van der Waals surface area (Å²) < 4.78 is 5.41. The molecule has 7 nitrogen and oxygen atoms in total. The largest absolute Gasteiger partial charge is 0.495 e. The molecule has 3 atom stereocenters. The summed E-state index contributed by atoms with van der Waals surface area (Å²) in [5.41, 5.74) is 3.17. The van der Waals surface area contributed by atoms with E-state index in [9.17, 15) is 9.59 Å². The lowest BCUT2D eigenvalue weighted by Gasteiger charge is -2.29. The molecule has 2 saturated heterocycles. The summed E-state index contributed by atoms with van der Waals surface area (Å²) in [7, 11) is 5.47. The molecule has 0 saturated carbocycles. The van der Waals surface area contributed by atoms with E-state index in [1.807, 2.05) is 73.6 Å². The Kier molecular flexibility index (Phi) is 5.26. The van der Waals surface area contributed by atoms with Crippen molar-refractivity contribution in [1.29, 1.82) is 0 Å². The van der Waals surface area contributed by atoms with E-state index >= 15 is 0 Å². The van der Waals surface area contributed by atoms with Crippen molar-refractivity contribution in [3.63, 3.8) is 0 Å². The van der Waals surface area contributed by atoms with Crippen LogP contribution in [0.3, 0.4) is 0 Å². The average Bonchev–Trinajstić information content (AvgIpc) is 3.35. The summed E-state index contributed by atoms with van der Waals surface area (Å²) in [4.78, 5) is 36.6. The molecule has 3 aromatic rings. The lowest BCUT2D eigenvalue weighted by Crippen LogP contribution is -2.37. The maximum absolute atomic E-state index is 13.7. The molecule has 7 heteroatoms. The third-order valence-electron chi connectivity index (χ3n) is 6.20. The fourth-order valence-electron chi connectivity index (χ4n) is 4.57. The first kappa shape index (κ1) is 21.0. The number of anilines is 3. The second-order valence-corrected chi connectivity index (χ2v) is 8.33. The second-order valence-electron chi connectivity index (χ2n) is 8.33. The highest BCUT2D eigenvalue weighted by atomic mass is 16.7. The van der Waals surface area contributed by atoms with E-state index in [1.165, 1.54) is 12.0 Å². The normalized spacial score (nSPS) is 22.0. The molecule has 3 aromatic carbocycles. The first-order chi connectivity index (χ1) is 16.0. The highest BCUT2D eigenvalue weighted by Gasteiger charge is 2.60. The molecule has 2 heterocycles. The molecule has 0 unspecified atom stereocenters. The zero-order chi connectivity index (χ0) is 23.1. The summed E-state index contributed by atoms with van der Waals surface area (Å²) in [5, 5.41) is 1.70. The van der Waals surface area contributed by atoms with Gasteiger partial charge in [-0.2, -0.15) is 0 Å². The Morgan fingerprint density at radius 3 is 2.18 bits per heavy atom. The Bertz CT molecular complexity index is 1180. The van der Waals surface area contributed by atoms with Gasteiger partial charge in [-0.1, -0.05) is 42.5 Å². The number of para-hydroxylation sites is 3. The summed E-state index contributed by atoms with van der Waals surface area (Å²) in [5.74, 6) is -0.906. The third kappa shape index (κ3) is 3.41. The number of hydrogen-bond donors (Lipinski definition) is 0. The van der Waals surface area contributed by atoms with Gasteiger partial charge >= 0.3 is 0 Å². The van der Waals surface area contributed by atoms with E-state index in [2.05, 4.69) is 0 Å². The van der Waals surface area contributed by atoms with Crippen molar-refractivity contribution in [1.82, 2.24) is 0 Å². The Labute approximate surface area is 192 Å². The molecule has 0 spiro atoms. The van der Waals surface area contributed by atoms with E-state index in [1.54, 1.807) is 29.3 Å². The Morgan fingerprint density at radius 1 is 0.848 bits per heavy atom. The summed E-state index contributed by atoms with van der Waals surface area (Å²) >= 11 is 0. The Morgan fingerprint density at radius 2 is 1.52 bits per heavy atom. The van der Waals surface area contributed by atoms with Crippen LogP contribution in [0.25, 0.3) is 0 Å². The summed E-state index contributed by atoms with van der Waals surface area (Å²) in [6, 6.07) is 24.1. The van der Waals surface area contributed by atoms with E-state index in [4.69, 9.17) is 9.57 Å². The number of hydroxylamine groups is 1. The van der Waals surface area contributed by atoms with Crippen LogP contribution in [0.1, 0.15) is 11.6 Å². The topological polar surface area (TPSA) is 62.3 Å². The number of rotatable bonds is 5. The van der Waals surface area contributed by atoms with Gasteiger partial charge in [0.1, 0.15) is 11.7 Å². The predicted molar refractivity (Wildman–Crippen MR) is 126 cm³/mol. The number of benzene rings is 3. The lowest BCUT2D eigenvalue weighted by molar-refractivity contribution is -0.126. The number of nitrogens with zero attached hydrogens (tertiary/aromatic N) is 3. The SMILES string of the molecule is COc1ccccc1N1C(=O)[C@H]2[C@H](ON(c3ccccc3)[C@H]2c2ccc(N(C)C)cc2)C1=O. The monoisotopic (exact) mass is 443 g/mol. The van der Waals surface area contributed by atoms with Crippen molar-refractivity contribution in [3.8, 4) is 5.75 Å². The number of carbonyl (C=O) groups excluding carboxylic acids is 2. The molecule has 33 heavy (non-hydrogen) atoms. The second kappa shape index (κ2) is 8.26. The number of methoxy groups -OCH3 is 1. The van der Waals surface area contributed by atoms with Gasteiger partial charge in [0.25, 0.3) is 5.91 Å². The van der Waals surface area contributed by atoms with Crippen LogP contribution in [0.15, 0.2) is 78.9 Å². The number of imide groups is 1. The van der Waals surface area contributed by atoms with Crippen LogP contribution >= 0.6 is 0 Å². The molecule has 0 radical (unpaired) electrons. The molecule has 2 amide bonds. The predicted octanol–water partition coefficient (Wildman–Crippen LogP) is 3.81. The zero-order valence-corrected chi connectivity index (χ0v) is 18.7. The quantitative estimate of drug-likeness (QED) is 0.559. The third-order valence-corrected chi connectivity index (χ3v) is 6.20. The molecular weight excluding hydrogens is 418 g/mol. The summed E-state index contributed by atoms with van der Waals surface area (Å²) in [6.07, 6.45) is -0.916. The van der Waals surface area contributed by atoms with Crippen molar-refractivity contribution >= 4 is 28.9 Å². The molecule has 0 aromatic heterocycles. The molecule has 2 aliphatic rings. The van der Waals surface area contributed by atoms with Crippen molar-refractivity contribution < 1.29 is 19.2 Å². The Balaban J connectivity index is 1.58. The van der Waals surface area contributed by atoms with Crippen molar-refractivity contribution in [2.45, 2.75) is 12.1 Å². The van der Waals surface area contributed by atoms with Gasteiger partial charge in [0, 0.05) is 19.8 Å². The molecule has 5 rings (SSSR count).